The zero-order valence-corrected chi connectivity index (χ0v) is 11.1. The largest absolute Gasteiger partial charge is 0.466 e. The fraction of sp³-hybridized carbons (Fsp3) is 0.333. The van der Waals surface area contributed by atoms with Gasteiger partial charge in [-0.25, -0.2) is 0 Å². The fourth-order valence-electron chi connectivity index (χ4n) is 2.16. The van der Waals surface area contributed by atoms with Crippen molar-refractivity contribution in [3.63, 3.8) is 0 Å². The lowest BCUT2D eigenvalue weighted by Crippen LogP contribution is -2.09. The Morgan fingerprint density at radius 1 is 1.44 bits per heavy atom. The second kappa shape index (κ2) is 4.02. The molecule has 2 heterocycles. The van der Waals surface area contributed by atoms with Gasteiger partial charge in [-0.2, -0.15) is 0 Å². The van der Waals surface area contributed by atoms with Crippen LogP contribution in [0.2, 0.25) is 0 Å². The molecule has 1 atom stereocenters. The monoisotopic (exact) mass is 297 g/mol. The third-order valence-corrected chi connectivity index (χ3v) is 4.97. The van der Waals surface area contributed by atoms with Crippen LogP contribution in [0, 0.1) is 0 Å². The minimum atomic E-state index is -0.139. The summed E-state index contributed by atoms with van der Waals surface area (Å²) in [7, 11) is 0. The first kappa shape index (κ1) is 10.6. The first-order valence-electron chi connectivity index (χ1n) is 5.35. The lowest BCUT2D eigenvalue weighted by atomic mass is 10.1. The molecule has 0 aromatic carbocycles. The van der Waals surface area contributed by atoms with Crippen molar-refractivity contribution < 1.29 is 4.42 Å². The quantitative estimate of drug-likeness (QED) is 0.919. The molecule has 1 aliphatic carbocycles. The summed E-state index contributed by atoms with van der Waals surface area (Å²) >= 11 is 5.28. The summed E-state index contributed by atoms with van der Waals surface area (Å²) in [6.45, 7) is 0. The van der Waals surface area contributed by atoms with Gasteiger partial charge in [-0.1, -0.05) is 0 Å². The molecule has 2 aromatic rings. The van der Waals surface area contributed by atoms with Crippen molar-refractivity contribution >= 4 is 27.3 Å². The highest BCUT2D eigenvalue weighted by molar-refractivity contribution is 9.10. The van der Waals surface area contributed by atoms with Crippen molar-refractivity contribution in [3.8, 4) is 0 Å². The van der Waals surface area contributed by atoms with Gasteiger partial charge in [0.2, 0.25) is 0 Å². The second-order valence-corrected chi connectivity index (χ2v) is 6.08. The molecule has 2 N–H and O–H groups in total. The molecule has 2 aromatic heterocycles. The van der Waals surface area contributed by atoms with Crippen LogP contribution < -0.4 is 5.73 Å². The van der Waals surface area contributed by atoms with E-state index in [1.807, 2.05) is 17.4 Å². The van der Waals surface area contributed by atoms with E-state index in [4.69, 9.17) is 10.2 Å². The van der Waals surface area contributed by atoms with Crippen molar-refractivity contribution in [2.24, 2.45) is 5.73 Å². The van der Waals surface area contributed by atoms with Crippen LogP contribution in [0.1, 0.15) is 33.5 Å². The van der Waals surface area contributed by atoms with Crippen LogP contribution >= 0.6 is 27.3 Å². The minimum absolute atomic E-state index is 0.139. The van der Waals surface area contributed by atoms with Crippen LogP contribution in [0.15, 0.2) is 27.3 Å². The molecule has 0 bridgehead atoms. The van der Waals surface area contributed by atoms with Crippen LogP contribution in [0.5, 0.6) is 0 Å². The summed E-state index contributed by atoms with van der Waals surface area (Å²) in [5.74, 6) is 0.819. The van der Waals surface area contributed by atoms with Crippen LogP contribution in [0.3, 0.4) is 0 Å². The number of nitrogens with two attached hydrogens (primary N) is 1. The smallest absolute Gasteiger partial charge is 0.139 e. The van der Waals surface area contributed by atoms with Crippen molar-refractivity contribution in [3.05, 3.63) is 43.9 Å². The number of thiophene rings is 1. The van der Waals surface area contributed by atoms with E-state index in [2.05, 4.69) is 22.0 Å². The normalized spacial score (nSPS) is 16.4. The predicted octanol–water partition coefficient (Wildman–Crippen LogP) is 3.64. The van der Waals surface area contributed by atoms with Crippen LogP contribution in [0.4, 0.5) is 0 Å². The summed E-state index contributed by atoms with van der Waals surface area (Å²) < 4.78 is 6.37. The SMILES string of the molecule is NC(c1cc2c(s1)CCC2)c1occc1Br. The molecule has 16 heavy (non-hydrogen) atoms. The molecular weight excluding hydrogens is 286 g/mol. The molecule has 0 aliphatic heterocycles. The van der Waals surface area contributed by atoms with Gasteiger partial charge in [-0.05, 0) is 52.9 Å². The maximum absolute atomic E-state index is 6.21. The van der Waals surface area contributed by atoms with Gasteiger partial charge in [0.25, 0.3) is 0 Å². The van der Waals surface area contributed by atoms with Gasteiger partial charge in [0, 0.05) is 9.75 Å². The highest BCUT2D eigenvalue weighted by Crippen LogP contribution is 2.36. The molecule has 1 unspecified atom stereocenters. The molecule has 0 saturated heterocycles. The van der Waals surface area contributed by atoms with Gasteiger partial charge in [-0.3, -0.25) is 0 Å². The van der Waals surface area contributed by atoms with Crippen LogP contribution in [-0.4, -0.2) is 0 Å². The van der Waals surface area contributed by atoms with Gasteiger partial charge >= 0.3 is 0 Å². The summed E-state index contributed by atoms with van der Waals surface area (Å²) in [6, 6.07) is 3.99. The first-order valence-corrected chi connectivity index (χ1v) is 6.96. The summed E-state index contributed by atoms with van der Waals surface area (Å²) in [5, 5.41) is 0. The molecule has 4 heteroatoms. The molecular formula is C12H12BrNOS. The Labute approximate surface area is 107 Å². The molecule has 3 rings (SSSR count). The molecule has 0 spiro atoms. The number of hydrogen-bond donors (Lipinski definition) is 1. The number of halogens is 1. The first-order chi connectivity index (χ1) is 7.75. The maximum Gasteiger partial charge on any atom is 0.139 e. The number of aryl methyl sites for hydroxylation is 2. The minimum Gasteiger partial charge on any atom is -0.466 e. The van der Waals surface area contributed by atoms with E-state index in [9.17, 15) is 0 Å². The Morgan fingerprint density at radius 2 is 2.31 bits per heavy atom. The van der Waals surface area contributed by atoms with Gasteiger partial charge in [-0.15, -0.1) is 11.3 Å². The predicted molar refractivity (Wildman–Crippen MR) is 68.8 cm³/mol. The van der Waals surface area contributed by atoms with E-state index in [-0.39, 0.29) is 6.04 Å². The maximum atomic E-state index is 6.21. The molecule has 1 aliphatic rings. The zero-order chi connectivity index (χ0) is 11.1. The van der Waals surface area contributed by atoms with Crippen LogP contribution in [0.25, 0.3) is 0 Å². The molecule has 0 radical (unpaired) electrons. The Kier molecular flexibility index (Phi) is 2.65. The van der Waals surface area contributed by atoms with Gasteiger partial charge in [0.1, 0.15) is 5.76 Å². The lowest BCUT2D eigenvalue weighted by Gasteiger charge is -2.06. The standard InChI is InChI=1S/C12H12BrNOS/c13-8-4-5-15-12(8)11(14)10-6-7-2-1-3-9(7)16-10/h4-6,11H,1-3,14H2. The van der Waals surface area contributed by atoms with Crippen molar-refractivity contribution in [1.82, 2.24) is 0 Å². The average molecular weight is 298 g/mol. The Balaban J connectivity index is 1.95. The Morgan fingerprint density at radius 3 is 3.00 bits per heavy atom. The molecule has 84 valence electrons. The Bertz CT molecular complexity index is 495. The van der Waals surface area contributed by atoms with E-state index in [0.717, 1.165) is 10.2 Å². The van der Waals surface area contributed by atoms with Crippen molar-refractivity contribution in [2.75, 3.05) is 0 Å². The number of fused-ring (bicyclic) bond motifs is 1. The zero-order valence-electron chi connectivity index (χ0n) is 8.70. The summed E-state index contributed by atoms with van der Waals surface area (Å²) in [6.07, 6.45) is 5.38. The number of hydrogen-bond acceptors (Lipinski definition) is 3. The number of furan rings is 1. The summed E-state index contributed by atoms with van der Waals surface area (Å²) in [5.41, 5.74) is 7.69. The van der Waals surface area contributed by atoms with E-state index in [1.54, 1.807) is 6.26 Å². The van der Waals surface area contributed by atoms with E-state index in [0.29, 0.717) is 0 Å². The van der Waals surface area contributed by atoms with E-state index >= 15 is 0 Å². The highest BCUT2D eigenvalue weighted by Gasteiger charge is 2.21. The van der Waals surface area contributed by atoms with Gasteiger partial charge in [0.05, 0.1) is 16.8 Å². The van der Waals surface area contributed by atoms with E-state index in [1.165, 1.54) is 34.6 Å². The second-order valence-electron chi connectivity index (χ2n) is 4.06. The van der Waals surface area contributed by atoms with Gasteiger partial charge in [0.15, 0.2) is 0 Å². The van der Waals surface area contributed by atoms with Gasteiger partial charge < -0.3 is 10.2 Å². The van der Waals surface area contributed by atoms with Crippen LogP contribution in [-0.2, 0) is 12.8 Å². The lowest BCUT2D eigenvalue weighted by molar-refractivity contribution is 0.489. The topological polar surface area (TPSA) is 39.2 Å². The third-order valence-electron chi connectivity index (χ3n) is 3.00. The molecule has 2 nitrogen and oxygen atoms in total. The molecule has 0 saturated carbocycles. The number of rotatable bonds is 2. The van der Waals surface area contributed by atoms with E-state index < -0.39 is 0 Å². The van der Waals surface area contributed by atoms with Crippen molar-refractivity contribution in [1.29, 1.82) is 0 Å². The highest BCUT2D eigenvalue weighted by atomic mass is 79.9. The Hall–Kier alpha value is -0.580. The third kappa shape index (κ3) is 1.65. The fourth-order valence-corrected chi connectivity index (χ4v) is 3.87. The molecule has 0 amide bonds. The average Bonchev–Trinajstić information content (AvgIpc) is 2.89. The summed E-state index contributed by atoms with van der Waals surface area (Å²) in [4.78, 5) is 2.72. The molecule has 0 fully saturated rings. The van der Waals surface area contributed by atoms with Crippen molar-refractivity contribution in [2.45, 2.75) is 25.3 Å².